The number of piperazine rings is 1. The number of nitriles is 1. The summed E-state index contributed by atoms with van der Waals surface area (Å²) in [5, 5.41) is 8.40. The first kappa shape index (κ1) is 10.0. The molecule has 0 N–H and O–H groups in total. The molecule has 4 nitrogen and oxygen atoms in total. The van der Waals surface area contributed by atoms with Crippen LogP contribution in [-0.2, 0) is 4.79 Å². The fraction of sp³-hybridized carbons (Fsp3) is 0.778. The quantitative estimate of drug-likeness (QED) is 0.575. The van der Waals surface area contributed by atoms with E-state index in [9.17, 15) is 4.79 Å². The molecule has 13 heavy (non-hydrogen) atoms. The van der Waals surface area contributed by atoms with Crippen LogP contribution in [0.5, 0.6) is 0 Å². The lowest BCUT2D eigenvalue weighted by molar-refractivity contribution is -0.134. The van der Waals surface area contributed by atoms with E-state index in [-0.39, 0.29) is 18.4 Å². The summed E-state index contributed by atoms with van der Waals surface area (Å²) in [5.41, 5.74) is 0. The molecular formula is C9H15N3O. The van der Waals surface area contributed by atoms with Crippen molar-refractivity contribution in [2.24, 2.45) is 0 Å². The van der Waals surface area contributed by atoms with Gasteiger partial charge in [-0.15, -0.1) is 0 Å². The van der Waals surface area contributed by atoms with E-state index in [2.05, 4.69) is 4.90 Å². The van der Waals surface area contributed by atoms with Crippen molar-refractivity contribution in [2.45, 2.75) is 19.4 Å². The average Bonchev–Trinajstić information content (AvgIpc) is 2.04. The lowest BCUT2D eigenvalue weighted by Gasteiger charge is -2.37. The van der Waals surface area contributed by atoms with Gasteiger partial charge in [0.2, 0.25) is 5.91 Å². The Morgan fingerprint density at radius 3 is 2.85 bits per heavy atom. The smallest absolute Gasteiger partial charge is 0.237 e. The molecule has 0 spiro atoms. The van der Waals surface area contributed by atoms with Crippen LogP contribution in [0.2, 0.25) is 0 Å². The fourth-order valence-corrected chi connectivity index (χ4v) is 1.68. The summed E-state index contributed by atoms with van der Waals surface area (Å²) in [7, 11) is 2.04. The van der Waals surface area contributed by atoms with E-state index >= 15 is 0 Å². The first-order valence-electron chi connectivity index (χ1n) is 4.50. The van der Waals surface area contributed by atoms with Crippen LogP contribution < -0.4 is 0 Å². The van der Waals surface area contributed by atoms with Crippen molar-refractivity contribution in [3.05, 3.63) is 0 Å². The Labute approximate surface area is 78.7 Å². The lowest BCUT2D eigenvalue weighted by Crippen LogP contribution is -2.52. The second kappa shape index (κ2) is 4.24. The molecule has 0 aromatic rings. The molecule has 1 fully saturated rings. The van der Waals surface area contributed by atoms with Gasteiger partial charge in [0.05, 0.1) is 6.07 Å². The van der Waals surface area contributed by atoms with Crippen LogP contribution in [0.25, 0.3) is 0 Å². The van der Waals surface area contributed by atoms with Gasteiger partial charge in [0.15, 0.2) is 0 Å². The molecule has 0 saturated carbocycles. The number of likely N-dealkylation sites (N-methyl/N-ethyl adjacent to an activating group) is 1. The van der Waals surface area contributed by atoms with Crippen LogP contribution in [0.3, 0.4) is 0 Å². The van der Waals surface area contributed by atoms with Crippen LogP contribution in [0.15, 0.2) is 0 Å². The molecule has 1 aliphatic heterocycles. The molecule has 1 heterocycles. The van der Waals surface area contributed by atoms with Crippen molar-refractivity contribution in [1.82, 2.24) is 9.80 Å². The molecule has 1 saturated heterocycles. The van der Waals surface area contributed by atoms with Crippen LogP contribution >= 0.6 is 0 Å². The molecule has 1 amide bonds. The number of hydrogen-bond donors (Lipinski definition) is 0. The lowest BCUT2D eigenvalue weighted by atomic mass is 10.2. The highest BCUT2D eigenvalue weighted by atomic mass is 16.2. The number of rotatable bonds is 1. The van der Waals surface area contributed by atoms with E-state index in [0.29, 0.717) is 0 Å². The number of carbonyl (C=O) groups is 1. The molecule has 0 aromatic heterocycles. The topological polar surface area (TPSA) is 47.3 Å². The van der Waals surface area contributed by atoms with Crippen LogP contribution in [0, 0.1) is 11.3 Å². The summed E-state index contributed by atoms with van der Waals surface area (Å²) in [6.07, 6.45) is 0.00799. The van der Waals surface area contributed by atoms with Crippen molar-refractivity contribution in [2.75, 3.05) is 26.7 Å². The highest BCUT2D eigenvalue weighted by molar-refractivity contribution is 5.78. The predicted molar refractivity (Wildman–Crippen MR) is 48.9 cm³/mol. The molecular weight excluding hydrogens is 166 g/mol. The normalized spacial score (nSPS) is 24.1. The van der Waals surface area contributed by atoms with E-state index in [1.54, 1.807) is 4.90 Å². The minimum Gasteiger partial charge on any atom is -0.337 e. The Morgan fingerprint density at radius 2 is 2.31 bits per heavy atom. The van der Waals surface area contributed by atoms with Crippen molar-refractivity contribution in [3.63, 3.8) is 0 Å². The van der Waals surface area contributed by atoms with Crippen LogP contribution in [0.1, 0.15) is 13.3 Å². The van der Waals surface area contributed by atoms with Crippen molar-refractivity contribution >= 4 is 5.91 Å². The van der Waals surface area contributed by atoms with Gasteiger partial charge in [-0.05, 0) is 14.0 Å². The molecule has 1 unspecified atom stereocenters. The number of amides is 1. The molecule has 72 valence electrons. The zero-order valence-electron chi connectivity index (χ0n) is 8.16. The van der Waals surface area contributed by atoms with Gasteiger partial charge in [0.1, 0.15) is 6.42 Å². The van der Waals surface area contributed by atoms with E-state index in [1.165, 1.54) is 0 Å². The first-order chi connectivity index (χ1) is 6.15. The fourth-order valence-electron chi connectivity index (χ4n) is 1.68. The van der Waals surface area contributed by atoms with E-state index in [4.69, 9.17) is 5.26 Å². The standard InChI is InChI=1S/C9H15N3O/c1-8-7-11(2)5-6-12(8)9(13)3-4-10/h8H,3,5-7H2,1-2H3. The Bertz CT molecular complexity index is 234. The SMILES string of the molecule is CC1CN(C)CCN1C(=O)CC#N. The maximum Gasteiger partial charge on any atom is 0.237 e. The summed E-state index contributed by atoms with van der Waals surface area (Å²) >= 11 is 0. The van der Waals surface area contributed by atoms with E-state index in [0.717, 1.165) is 19.6 Å². The summed E-state index contributed by atoms with van der Waals surface area (Å²) in [4.78, 5) is 15.4. The van der Waals surface area contributed by atoms with Gasteiger partial charge >= 0.3 is 0 Å². The highest BCUT2D eigenvalue weighted by Gasteiger charge is 2.24. The molecule has 4 heteroatoms. The number of nitrogens with zero attached hydrogens (tertiary/aromatic N) is 3. The van der Waals surface area contributed by atoms with Gasteiger partial charge < -0.3 is 9.80 Å². The summed E-state index contributed by atoms with van der Waals surface area (Å²) in [6, 6.07) is 2.13. The Balaban J connectivity index is 2.51. The maximum atomic E-state index is 11.4. The molecule has 0 aliphatic carbocycles. The third kappa shape index (κ3) is 2.43. The van der Waals surface area contributed by atoms with Gasteiger partial charge in [-0.3, -0.25) is 4.79 Å². The van der Waals surface area contributed by atoms with Gasteiger partial charge in [0, 0.05) is 25.7 Å². The molecule has 1 atom stereocenters. The van der Waals surface area contributed by atoms with Crippen molar-refractivity contribution in [3.8, 4) is 6.07 Å². The second-order valence-corrected chi connectivity index (χ2v) is 3.53. The largest absolute Gasteiger partial charge is 0.337 e. The zero-order valence-corrected chi connectivity index (χ0v) is 8.16. The van der Waals surface area contributed by atoms with Crippen molar-refractivity contribution < 1.29 is 4.79 Å². The maximum absolute atomic E-state index is 11.4. The number of carbonyl (C=O) groups excluding carboxylic acids is 1. The van der Waals surface area contributed by atoms with E-state index < -0.39 is 0 Å². The van der Waals surface area contributed by atoms with Crippen LogP contribution in [0.4, 0.5) is 0 Å². The monoisotopic (exact) mass is 181 g/mol. The summed E-state index contributed by atoms with van der Waals surface area (Å²) in [5.74, 6) is -0.0388. The molecule has 1 aliphatic rings. The Morgan fingerprint density at radius 1 is 1.62 bits per heavy atom. The highest BCUT2D eigenvalue weighted by Crippen LogP contribution is 2.08. The Kier molecular flexibility index (Phi) is 3.26. The first-order valence-corrected chi connectivity index (χ1v) is 4.50. The number of hydrogen-bond acceptors (Lipinski definition) is 3. The Hall–Kier alpha value is -1.08. The molecule has 0 bridgehead atoms. The molecule has 0 radical (unpaired) electrons. The second-order valence-electron chi connectivity index (χ2n) is 3.53. The van der Waals surface area contributed by atoms with Gasteiger partial charge in [-0.2, -0.15) is 5.26 Å². The van der Waals surface area contributed by atoms with E-state index in [1.807, 2.05) is 20.0 Å². The summed E-state index contributed by atoms with van der Waals surface area (Å²) < 4.78 is 0. The van der Waals surface area contributed by atoms with Gasteiger partial charge in [0.25, 0.3) is 0 Å². The minimum atomic E-state index is -0.0388. The van der Waals surface area contributed by atoms with Gasteiger partial charge in [-0.1, -0.05) is 0 Å². The zero-order chi connectivity index (χ0) is 9.84. The summed E-state index contributed by atoms with van der Waals surface area (Å²) in [6.45, 7) is 4.57. The predicted octanol–water partition coefficient (Wildman–Crippen LogP) is 0.0626. The average molecular weight is 181 g/mol. The van der Waals surface area contributed by atoms with Gasteiger partial charge in [-0.25, -0.2) is 0 Å². The molecule has 0 aromatic carbocycles. The minimum absolute atomic E-state index is 0.00799. The van der Waals surface area contributed by atoms with Crippen LogP contribution in [-0.4, -0.2) is 48.4 Å². The third-order valence-corrected chi connectivity index (χ3v) is 2.38. The molecule has 1 rings (SSSR count). The third-order valence-electron chi connectivity index (χ3n) is 2.38. The van der Waals surface area contributed by atoms with Crippen molar-refractivity contribution in [1.29, 1.82) is 5.26 Å².